The van der Waals surface area contributed by atoms with Crippen molar-refractivity contribution in [3.8, 4) is 0 Å². The number of halogens is 1. The Bertz CT molecular complexity index is 825. The van der Waals surface area contributed by atoms with E-state index >= 15 is 0 Å². The number of furan rings is 1. The predicted molar refractivity (Wildman–Crippen MR) is 101 cm³/mol. The highest BCUT2D eigenvalue weighted by Crippen LogP contribution is 2.23. The molecular formula is C20H21ClN2O2. The molecule has 2 atom stereocenters. The van der Waals surface area contributed by atoms with E-state index in [1.54, 1.807) is 0 Å². The Morgan fingerprint density at radius 3 is 2.52 bits per heavy atom. The lowest BCUT2D eigenvalue weighted by Gasteiger charge is -2.16. The van der Waals surface area contributed by atoms with Gasteiger partial charge in [-0.3, -0.25) is 4.79 Å². The zero-order valence-corrected chi connectivity index (χ0v) is 15.0. The van der Waals surface area contributed by atoms with Crippen molar-refractivity contribution < 1.29 is 9.21 Å². The molecule has 3 aromatic rings. The molecule has 3 rings (SSSR count). The molecule has 0 aliphatic heterocycles. The summed E-state index contributed by atoms with van der Waals surface area (Å²) in [6, 6.07) is 17.2. The first-order valence-electron chi connectivity index (χ1n) is 8.29. The lowest BCUT2D eigenvalue weighted by atomic mass is 10.1. The fourth-order valence-electron chi connectivity index (χ4n) is 2.69. The number of nitrogens with one attached hydrogen (secondary N) is 2. The second-order valence-corrected chi connectivity index (χ2v) is 6.57. The van der Waals surface area contributed by atoms with E-state index in [0.717, 1.165) is 22.3 Å². The molecule has 0 fully saturated rings. The number of hydrogen-bond donors (Lipinski definition) is 2. The third-order valence-corrected chi connectivity index (χ3v) is 4.44. The molecule has 0 radical (unpaired) electrons. The van der Waals surface area contributed by atoms with E-state index in [9.17, 15) is 4.79 Å². The first-order valence-corrected chi connectivity index (χ1v) is 8.67. The highest BCUT2D eigenvalue weighted by molar-refractivity contribution is 6.30. The van der Waals surface area contributed by atoms with E-state index < -0.39 is 0 Å². The second kappa shape index (κ2) is 7.72. The zero-order chi connectivity index (χ0) is 17.8. The van der Waals surface area contributed by atoms with Gasteiger partial charge in [-0.1, -0.05) is 41.9 Å². The maximum absolute atomic E-state index is 12.2. The number of para-hydroxylation sites is 1. The SMILES string of the molecule is C[C@H](NCC(=O)N[C@@H](C)c1cc2ccccc2o1)c1ccc(Cl)cc1. The van der Waals surface area contributed by atoms with E-state index in [1.807, 2.05) is 68.4 Å². The molecule has 5 heteroatoms. The Kier molecular flexibility index (Phi) is 5.41. The van der Waals surface area contributed by atoms with E-state index in [4.69, 9.17) is 16.0 Å². The molecule has 0 unspecified atom stereocenters. The molecule has 2 aromatic carbocycles. The van der Waals surface area contributed by atoms with Gasteiger partial charge in [-0.2, -0.15) is 0 Å². The Morgan fingerprint density at radius 1 is 1.08 bits per heavy atom. The maximum atomic E-state index is 12.2. The normalized spacial score (nSPS) is 13.6. The lowest BCUT2D eigenvalue weighted by molar-refractivity contribution is -0.121. The van der Waals surface area contributed by atoms with Gasteiger partial charge in [0.1, 0.15) is 11.3 Å². The van der Waals surface area contributed by atoms with Crippen molar-refractivity contribution in [3.63, 3.8) is 0 Å². The first-order chi connectivity index (χ1) is 12.0. The van der Waals surface area contributed by atoms with Gasteiger partial charge in [-0.25, -0.2) is 0 Å². The Balaban J connectivity index is 1.53. The number of amides is 1. The Hall–Kier alpha value is -2.30. The summed E-state index contributed by atoms with van der Waals surface area (Å²) in [6.07, 6.45) is 0. The van der Waals surface area contributed by atoms with Crippen LogP contribution in [0.25, 0.3) is 11.0 Å². The van der Waals surface area contributed by atoms with Gasteiger partial charge in [0.05, 0.1) is 12.6 Å². The summed E-state index contributed by atoms with van der Waals surface area (Å²) in [5.41, 5.74) is 1.91. The van der Waals surface area contributed by atoms with Crippen molar-refractivity contribution in [2.24, 2.45) is 0 Å². The fraction of sp³-hybridized carbons (Fsp3) is 0.250. The van der Waals surface area contributed by atoms with Gasteiger partial charge in [-0.05, 0) is 43.7 Å². The van der Waals surface area contributed by atoms with Crippen molar-refractivity contribution >= 4 is 28.5 Å². The molecule has 1 amide bonds. The van der Waals surface area contributed by atoms with E-state index in [1.165, 1.54) is 0 Å². The standard InChI is InChI=1S/C20H21ClN2O2/c1-13(15-7-9-17(21)10-8-15)22-12-20(24)23-14(2)19-11-16-5-3-4-6-18(16)25-19/h3-11,13-14,22H,12H2,1-2H3,(H,23,24)/t13-,14-/m0/s1. The summed E-state index contributed by atoms with van der Waals surface area (Å²) in [5.74, 6) is 0.675. The molecule has 1 heterocycles. The quantitative estimate of drug-likeness (QED) is 0.677. The zero-order valence-electron chi connectivity index (χ0n) is 14.3. The molecule has 1 aromatic heterocycles. The topological polar surface area (TPSA) is 54.3 Å². The second-order valence-electron chi connectivity index (χ2n) is 6.13. The highest BCUT2D eigenvalue weighted by atomic mass is 35.5. The highest BCUT2D eigenvalue weighted by Gasteiger charge is 2.15. The minimum Gasteiger partial charge on any atom is -0.459 e. The summed E-state index contributed by atoms with van der Waals surface area (Å²) in [4.78, 5) is 12.2. The summed E-state index contributed by atoms with van der Waals surface area (Å²) in [7, 11) is 0. The molecular weight excluding hydrogens is 336 g/mol. The van der Waals surface area contributed by atoms with Crippen LogP contribution in [0.5, 0.6) is 0 Å². The molecule has 0 spiro atoms. The first kappa shape index (κ1) is 17.5. The molecule has 130 valence electrons. The van der Waals surface area contributed by atoms with E-state index in [-0.39, 0.29) is 24.5 Å². The van der Waals surface area contributed by atoms with Crippen molar-refractivity contribution in [2.75, 3.05) is 6.54 Å². The summed E-state index contributed by atoms with van der Waals surface area (Å²) in [6.45, 7) is 4.16. The monoisotopic (exact) mass is 356 g/mol. The molecule has 0 aliphatic carbocycles. The van der Waals surface area contributed by atoms with Crippen molar-refractivity contribution in [1.82, 2.24) is 10.6 Å². The number of fused-ring (bicyclic) bond motifs is 1. The van der Waals surface area contributed by atoms with Gasteiger partial charge in [-0.15, -0.1) is 0 Å². The third-order valence-electron chi connectivity index (χ3n) is 4.19. The maximum Gasteiger partial charge on any atom is 0.234 e. The van der Waals surface area contributed by atoms with Gasteiger partial charge in [0.15, 0.2) is 0 Å². The molecule has 0 saturated heterocycles. The van der Waals surface area contributed by atoms with Gasteiger partial charge >= 0.3 is 0 Å². The number of rotatable bonds is 6. The third kappa shape index (κ3) is 4.41. The minimum absolute atomic E-state index is 0.0597. The lowest BCUT2D eigenvalue weighted by Crippen LogP contribution is -2.36. The van der Waals surface area contributed by atoms with Crippen LogP contribution in [-0.2, 0) is 4.79 Å². The predicted octanol–water partition coefficient (Wildman–Crippen LogP) is 4.61. The molecule has 0 saturated carbocycles. The molecule has 0 bridgehead atoms. The summed E-state index contributed by atoms with van der Waals surface area (Å²) in [5, 5.41) is 7.91. The average Bonchev–Trinajstić information content (AvgIpc) is 3.04. The van der Waals surface area contributed by atoms with Crippen LogP contribution >= 0.6 is 11.6 Å². The van der Waals surface area contributed by atoms with Crippen LogP contribution in [0.15, 0.2) is 59.0 Å². The molecule has 0 aliphatic rings. The van der Waals surface area contributed by atoms with Gasteiger partial charge in [0.25, 0.3) is 0 Å². The van der Waals surface area contributed by atoms with Crippen LogP contribution in [0, 0.1) is 0 Å². The van der Waals surface area contributed by atoms with Crippen LogP contribution < -0.4 is 10.6 Å². The number of carbonyl (C=O) groups excluding carboxylic acids is 1. The van der Waals surface area contributed by atoms with Crippen LogP contribution in [0.3, 0.4) is 0 Å². The van der Waals surface area contributed by atoms with Crippen LogP contribution in [0.2, 0.25) is 5.02 Å². The summed E-state index contributed by atoms with van der Waals surface area (Å²) < 4.78 is 5.79. The molecule has 2 N–H and O–H groups in total. The number of hydrogen-bond acceptors (Lipinski definition) is 3. The molecule has 25 heavy (non-hydrogen) atoms. The smallest absolute Gasteiger partial charge is 0.234 e. The minimum atomic E-state index is -0.187. The van der Waals surface area contributed by atoms with Gasteiger partial charge in [0, 0.05) is 16.5 Å². The summed E-state index contributed by atoms with van der Waals surface area (Å²) >= 11 is 5.90. The van der Waals surface area contributed by atoms with Gasteiger partial charge < -0.3 is 15.1 Å². The Labute approximate surface area is 152 Å². The van der Waals surface area contributed by atoms with Crippen molar-refractivity contribution in [3.05, 3.63) is 70.9 Å². The van der Waals surface area contributed by atoms with Crippen molar-refractivity contribution in [1.29, 1.82) is 0 Å². The fourth-order valence-corrected chi connectivity index (χ4v) is 2.82. The number of benzene rings is 2. The Morgan fingerprint density at radius 2 is 1.80 bits per heavy atom. The average molecular weight is 357 g/mol. The number of carbonyl (C=O) groups is 1. The van der Waals surface area contributed by atoms with Crippen LogP contribution in [0.1, 0.15) is 37.3 Å². The largest absolute Gasteiger partial charge is 0.459 e. The molecule has 4 nitrogen and oxygen atoms in total. The van der Waals surface area contributed by atoms with Crippen LogP contribution in [-0.4, -0.2) is 12.5 Å². The van der Waals surface area contributed by atoms with Gasteiger partial charge in [0.2, 0.25) is 5.91 Å². The van der Waals surface area contributed by atoms with E-state index in [2.05, 4.69) is 10.6 Å². The van der Waals surface area contributed by atoms with Crippen molar-refractivity contribution in [2.45, 2.75) is 25.9 Å². The van der Waals surface area contributed by atoms with Crippen LogP contribution in [0.4, 0.5) is 0 Å². The van der Waals surface area contributed by atoms with E-state index in [0.29, 0.717) is 5.02 Å².